The van der Waals surface area contributed by atoms with Gasteiger partial charge < -0.3 is 5.11 Å². The fourth-order valence-electron chi connectivity index (χ4n) is 2.61. The fourth-order valence-corrected chi connectivity index (χ4v) is 2.61. The molecule has 0 spiro atoms. The zero-order valence-electron chi connectivity index (χ0n) is 11.6. The summed E-state index contributed by atoms with van der Waals surface area (Å²) in [4.78, 5) is 13.3. The molecule has 1 aliphatic rings. The average molecular weight is 252 g/mol. The minimum Gasteiger partial charge on any atom is -0.480 e. The third-order valence-electron chi connectivity index (χ3n) is 3.86. The number of hydrogen-bond acceptors (Lipinski definition) is 3. The molecule has 102 valence electrons. The van der Waals surface area contributed by atoms with Crippen molar-refractivity contribution in [3.8, 4) is 6.07 Å². The molecule has 2 atom stereocenters. The second-order valence-corrected chi connectivity index (χ2v) is 6.04. The Bertz CT molecular complexity index is 333. The highest BCUT2D eigenvalue weighted by Gasteiger charge is 2.36. The molecule has 0 bridgehead atoms. The largest absolute Gasteiger partial charge is 0.480 e. The number of rotatable bonds is 6. The van der Waals surface area contributed by atoms with Gasteiger partial charge in [0.2, 0.25) is 0 Å². The van der Waals surface area contributed by atoms with Crippen LogP contribution in [0.15, 0.2) is 0 Å². The van der Waals surface area contributed by atoms with Crippen LogP contribution in [0, 0.1) is 22.7 Å². The Morgan fingerprint density at radius 3 is 2.72 bits per heavy atom. The van der Waals surface area contributed by atoms with Crippen LogP contribution in [0.5, 0.6) is 0 Å². The number of nitriles is 1. The van der Waals surface area contributed by atoms with E-state index in [0.717, 1.165) is 38.8 Å². The van der Waals surface area contributed by atoms with Crippen molar-refractivity contribution in [1.82, 2.24) is 4.90 Å². The maximum atomic E-state index is 11.2. The van der Waals surface area contributed by atoms with Gasteiger partial charge in [0, 0.05) is 0 Å². The molecule has 1 saturated heterocycles. The zero-order chi connectivity index (χ0) is 13.8. The van der Waals surface area contributed by atoms with Crippen molar-refractivity contribution in [3.63, 3.8) is 0 Å². The predicted molar refractivity (Wildman–Crippen MR) is 70.0 cm³/mol. The van der Waals surface area contributed by atoms with Gasteiger partial charge in [-0.2, -0.15) is 5.26 Å². The summed E-state index contributed by atoms with van der Waals surface area (Å²) in [5, 5.41) is 18.1. The molecule has 0 aromatic heterocycles. The molecule has 0 saturated carbocycles. The Morgan fingerprint density at radius 2 is 2.17 bits per heavy atom. The van der Waals surface area contributed by atoms with E-state index in [-0.39, 0.29) is 17.4 Å². The molecule has 4 heteroatoms. The van der Waals surface area contributed by atoms with Gasteiger partial charge in [-0.25, -0.2) is 0 Å². The summed E-state index contributed by atoms with van der Waals surface area (Å²) in [5.74, 6) is -0.449. The van der Waals surface area contributed by atoms with E-state index in [9.17, 15) is 9.90 Å². The summed E-state index contributed by atoms with van der Waals surface area (Å²) < 4.78 is 0. The summed E-state index contributed by atoms with van der Waals surface area (Å²) in [6.07, 6.45) is 3.81. The van der Waals surface area contributed by atoms with E-state index in [0.29, 0.717) is 0 Å². The number of carbonyl (C=O) groups is 1. The Labute approximate surface area is 110 Å². The van der Waals surface area contributed by atoms with Crippen molar-refractivity contribution in [2.75, 3.05) is 13.1 Å². The standard InChI is InChI=1S/C14H24N2O2/c1-11-6-9-16(12(11)13(17)18)8-5-4-7-14(2,3)10-15/h11-12H,4-9H2,1-3H3,(H,17,18). The number of nitrogens with zero attached hydrogens (tertiary/aromatic N) is 2. The van der Waals surface area contributed by atoms with Gasteiger partial charge in [0.25, 0.3) is 0 Å². The van der Waals surface area contributed by atoms with Gasteiger partial charge in [0.1, 0.15) is 6.04 Å². The highest BCUT2D eigenvalue weighted by molar-refractivity contribution is 5.74. The van der Waals surface area contributed by atoms with Gasteiger partial charge in [-0.1, -0.05) is 13.3 Å². The summed E-state index contributed by atoms with van der Waals surface area (Å²) >= 11 is 0. The molecule has 1 heterocycles. The van der Waals surface area contributed by atoms with E-state index >= 15 is 0 Å². The van der Waals surface area contributed by atoms with Crippen molar-refractivity contribution < 1.29 is 9.90 Å². The summed E-state index contributed by atoms with van der Waals surface area (Å²) in [5.41, 5.74) is -0.259. The maximum Gasteiger partial charge on any atom is 0.321 e. The molecule has 1 rings (SSSR count). The van der Waals surface area contributed by atoms with Gasteiger partial charge in [-0.15, -0.1) is 0 Å². The molecule has 1 aliphatic heterocycles. The minimum absolute atomic E-state index is 0.248. The van der Waals surface area contributed by atoms with Crippen LogP contribution in [-0.4, -0.2) is 35.1 Å². The molecule has 0 aromatic carbocycles. The molecule has 0 aliphatic carbocycles. The lowest BCUT2D eigenvalue weighted by atomic mass is 9.89. The first-order chi connectivity index (χ1) is 8.37. The van der Waals surface area contributed by atoms with Gasteiger partial charge in [0.05, 0.1) is 11.5 Å². The maximum absolute atomic E-state index is 11.2. The second-order valence-electron chi connectivity index (χ2n) is 6.04. The van der Waals surface area contributed by atoms with Crippen LogP contribution in [-0.2, 0) is 4.79 Å². The first-order valence-corrected chi connectivity index (χ1v) is 6.75. The molecule has 4 nitrogen and oxygen atoms in total. The third-order valence-corrected chi connectivity index (χ3v) is 3.86. The van der Waals surface area contributed by atoms with Crippen molar-refractivity contribution in [2.24, 2.45) is 11.3 Å². The quantitative estimate of drug-likeness (QED) is 0.738. The molecule has 0 aromatic rings. The predicted octanol–water partition coefficient (Wildman–Crippen LogP) is 2.50. The van der Waals surface area contributed by atoms with E-state index in [1.54, 1.807) is 0 Å². The van der Waals surface area contributed by atoms with Crippen LogP contribution in [0.1, 0.15) is 46.5 Å². The monoisotopic (exact) mass is 252 g/mol. The third kappa shape index (κ3) is 3.99. The van der Waals surface area contributed by atoms with E-state index in [2.05, 4.69) is 11.0 Å². The lowest BCUT2D eigenvalue weighted by molar-refractivity contribution is -0.143. The van der Waals surface area contributed by atoms with Gasteiger partial charge in [-0.05, 0) is 52.1 Å². The second kappa shape index (κ2) is 6.19. The molecule has 1 fully saturated rings. The lowest BCUT2D eigenvalue weighted by Gasteiger charge is -2.23. The zero-order valence-corrected chi connectivity index (χ0v) is 11.6. The minimum atomic E-state index is -0.697. The topological polar surface area (TPSA) is 64.3 Å². The van der Waals surface area contributed by atoms with E-state index in [1.807, 2.05) is 20.8 Å². The number of likely N-dealkylation sites (tertiary alicyclic amines) is 1. The SMILES string of the molecule is CC1CCN(CCCCC(C)(C)C#N)C1C(=O)O. The average Bonchev–Trinajstić information content (AvgIpc) is 2.66. The van der Waals surface area contributed by atoms with Crippen molar-refractivity contribution in [2.45, 2.75) is 52.5 Å². The van der Waals surface area contributed by atoms with Crippen LogP contribution >= 0.6 is 0 Å². The normalized spacial score (nSPS) is 25.0. The first kappa shape index (κ1) is 15.0. The van der Waals surface area contributed by atoms with E-state index in [1.165, 1.54) is 0 Å². The molecule has 1 N–H and O–H groups in total. The smallest absolute Gasteiger partial charge is 0.321 e. The number of aliphatic carboxylic acids is 1. The highest BCUT2D eigenvalue weighted by atomic mass is 16.4. The summed E-state index contributed by atoms with van der Waals surface area (Å²) in [6.45, 7) is 7.64. The Hall–Kier alpha value is -1.08. The Balaban J connectivity index is 2.32. The molecule has 2 unspecified atom stereocenters. The molecule has 0 amide bonds. The lowest BCUT2D eigenvalue weighted by Crippen LogP contribution is -2.39. The molecule has 18 heavy (non-hydrogen) atoms. The van der Waals surface area contributed by atoms with Crippen LogP contribution in [0.3, 0.4) is 0 Å². The van der Waals surface area contributed by atoms with Crippen LogP contribution in [0.25, 0.3) is 0 Å². The Morgan fingerprint density at radius 1 is 1.50 bits per heavy atom. The van der Waals surface area contributed by atoms with Crippen LogP contribution in [0.2, 0.25) is 0 Å². The highest BCUT2D eigenvalue weighted by Crippen LogP contribution is 2.26. The van der Waals surface area contributed by atoms with Gasteiger partial charge in [0.15, 0.2) is 0 Å². The summed E-state index contributed by atoms with van der Waals surface area (Å²) in [6, 6.07) is 1.98. The van der Waals surface area contributed by atoms with Crippen molar-refractivity contribution in [1.29, 1.82) is 5.26 Å². The van der Waals surface area contributed by atoms with Gasteiger partial charge >= 0.3 is 5.97 Å². The number of unbranched alkanes of at least 4 members (excludes halogenated alkanes) is 1. The Kier molecular flexibility index (Phi) is 5.15. The van der Waals surface area contributed by atoms with Crippen LogP contribution in [0.4, 0.5) is 0 Å². The molecular weight excluding hydrogens is 228 g/mol. The van der Waals surface area contributed by atoms with Crippen molar-refractivity contribution in [3.05, 3.63) is 0 Å². The number of carboxylic acid groups (broad SMARTS) is 1. The molecule has 0 radical (unpaired) electrons. The van der Waals surface area contributed by atoms with Crippen molar-refractivity contribution >= 4 is 5.97 Å². The van der Waals surface area contributed by atoms with E-state index < -0.39 is 5.97 Å². The fraction of sp³-hybridized carbons (Fsp3) is 0.857. The van der Waals surface area contributed by atoms with Gasteiger partial charge in [-0.3, -0.25) is 9.69 Å². The van der Waals surface area contributed by atoms with Crippen LogP contribution < -0.4 is 0 Å². The number of hydrogen-bond donors (Lipinski definition) is 1. The number of carboxylic acids is 1. The first-order valence-electron chi connectivity index (χ1n) is 6.75. The van der Waals surface area contributed by atoms with E-state index in [4.69, 9.17) is 5.26 Å². The summed E-state index contributed by atoms with van der Waals surface area (Å²) in [7, 11) is 0. The molecular formula is C14H24N2O2.